The minimum Gasteiger partial charge on any atom is -0.456 e. The molecule has 3 rings (SSSR count). The standard InChI is InChI=1S/C23H26O6S/c1-15-20(28-16(2)24)21(29-17(3)25)22(26-14-18-10-6-4-7-11-18)23(27-15)30-19-12-8-5-9-13-19/h4-13,15,20-23H,14H2,1-3H3/t15-,20-,21-,22-,23-/m0/s1. The highest BCUT2D eigenvalue weighted by Crippen LogP contribution is 2.37. The first-order valence-corrected chi connectivity index (χ1v) is 10.7. The predicted octanol–water partition coefficient (Wildman–Crippen LogP) is 3.97. The molecule has 1 heterocycles. The van der Waals surface area contributed by atoms with Gasteiger partial charge >= 0.3 is 11.9 Å². The van der Waals surface area contributed by atoms with E-state index in [4.69, 9.17) is 18.9 Å². The molecule has 0 spiro atoms. The fraction of sp³-hybridized carbons (Fsp3) is 0.391. The Balaban J connectivity index is 1.88. The lowest BCUT2D eigenvalue weighted by Crippen LogP contribution is -2.59. The molecule has 1 aliphatic heterocycles. The zero-order valence-corrected chi connectivity index (χ0v) is 18.0. The normalized spacial score (nSPS) is 26.0. The van der Waals surface area contributed by atoms with E-state index in [0.717, 1.165) is 10.5 Å². The molecule has 1 saturated heterocycles. The van der Waals surface area contributed by atoms with Crippen LogP contribution in [0.25, 0.3) is 0 Å². The maximum absolute atomic E-state index is 11.9. The van der Waals surface area contributed by atoms with Crippen LogP contribution in [0, 0.1) is 0 Å². The van der Waals surface area contributed by atoms with Gasteiger partial charge in [0.1, 0.15) is 11.5 Å². The average molecular weight is 431 g/mol. The van der Waals surface area contributed by atoms with Gasteiger partial charge in [0.25, 0.3) is 0 Å². The van der Waals surface area contributed by atoms with Crippen molar-refractivity contribution in [1.82, 2.24) is 0 Å². The third kappa shape index (κ3) is 6.08. The molecule has 0 aliphatic carbocycles. The van der Waals surface area contributed by atoms with Gasteiger partial charge in [0.05, 0.1) is 12.7 Å². The van der Waals surface area contributed by atoms with Crippen LogP contribution in [0.4, 0.5) is 0 Å². The minimum atomic E-state index is -0.792. The van der Waals surface area contributed by atoms with E-state index < -0.39 is 41.8 Å². The molecule has 0 amide bonds. The van der Waals surface area contributed by atoms with Gasteiger partial charge in [-0.3, -0.25) is 9.59 Å². The van der Waals surface area contributed by atoms with Crippen LogP contribution in [-0.4, -0.2) is 41.8 Å². The second kappa shape index (κ2) is 10.6. The average Bonchev–Trinajstić information content (AvgIpc) is 2.71. The highest BCUT2D eigenvalue weighted by atomic mass is 32.2. The highest BCUT2D eigenvalue weighted by molar-refractivity contribution is 7.99. The molecule has 160 valence electrons. The third-order valence-corrected chi connectivity index (χ3v) is 5.77. The number of esters is 2. The Morgan fingerprint density at radius 1 is 0.867 bits per heavy atom. The van der Waals surface area contributed by atoms with E-state index >= 15 is 0 Å². The van der Waals surface area contributed by atoms with Crippen molar-refractivity contribution < 1.29 is 28.5 Å². The van der Waals surface area contributed by atoms with E-state index in [1.165, 1.54) is 25.6 Å². The topological polar surface area (TPSA) is 71.1 Å². The van der Waals surface area contributed by atoms with Gasteiger partial charge in [0.2, 0.25) is 0 Å². The summed E-state index contributed by atoms with van der Waals surface area (Å²) in [4.78, 5) is 24.5. The third-order valence-electron chi connectivity index (χ3n) is 4.61. The first-order valence-electron chi connectivity index (χ1n) is 9.81. The summed E-state index contributed by atoms with van der Waals surface area (Å²) in [5.74, 6) is -0.938. The van der Waals surface area contributed by atoms with Crippen LogP contribution in [0.15, 0.2) is 65.6 Å². The predicted molar refractivity (Wildman–Crippen MR) is 113 cm³/mol. The Hall–Kier alpha value is -2.35. The monoisotopic (exact) mass is 430 g/mol. The lowest BCUT2D eigenvalue weighted by atomic mass is 10.00. The zero-order chi connectivity index (χ0) is 21.5. The zero-order valence-electron chi connectivity index (χ0n) is 17.2. The summed E-state index contributed by atoms with van der Waals surface area (Å²) in [6.45, 7) is 4.76. The minimum absolute atomic E-state index is 0.305. The van der Waals surface area contributed by atoms with Crippen LogP contribution in [0.1, 0.15) is 26.3 Å². The molecule has 0 aromatic heterocycles. The fourth-order valence-corrected chi connectivity index (χ4v) is 4.50. The molecule has 1 aliphatic rings. The van der Waals surface area contributed by atoms with Gasteiger partial charge in [-0.05, 0) is 24.6 Å². The molecule has 30 heavy (non-hydrogen) atoms. The van der Waals surface area contributed by atoms with Gasteiger partial charge in [0.15, 0.2) is 12.2 Å². The molecular formula is C23H26O6S. The lowest BCUT2D eigenvalue weighted by molar-refractivity contribution is -0.232. The molecular weight excluding hydrogens is 404 g/mol. The first kappa shape index (κ1) is 22.3. The van der Waals surface area contributed by atoms with Crippen molar-refractivity contribution in [3.05, 3.63) is 66.2 Å². The van der Waals surface area contributed by atoms with E-state index in [9.17, 15) is 9.59 Å². The Bertz CT molecular complexity index is 828. The molecule has 2 aromatic rings. The maximum Gasteiger partial charge on any atom is 0.303 e. The van der Waals surface area contributed by atoms with Crippen molar-refractivity contribution in [3.63, 3.8) is 0 Å². The Morgan fingerprint density at radius 2 is 1.43 bits per heavy atom. The van der Waals surface area contributed by atoms with Crippen molar-refractivity contribution in [2.24, 2.45) is 0 Å². The van der Waals surface area contributed by atoms with Crippen LogP contribution >= 0.6 is 11.8 Å². The maximum atomic E-state index is 11.9. The fourth-order valence-electron chi connectivity index (χ4n) is 3.32. The van der Waals surface area contributed by atoms with Gasteiger partial charge in [0, 0.05) is 18.7 Å². The highest BCUT2D eigenvalue weighted by Gasteiger charge is 2.49. The summed E-state index contributed by atoms with van der Waals surface area (Å²) < 4.78 is 23.5. The van der Waals surface area contributed by atoms with E-state index in [-0.39, 0.29) is 0 Å². The molecule has 0 bridgehead atoms. The Kier molecular flexibility index (Phi) is 7.90. The van der Waals surface area contributed by atoms with E-state index in [2.05, 4.69) is 0 Å². The quantitative estimate of drug-likeness (QED) is 0.616. The summed E-state index contributed by atoms with van der Waals surface area (Å²) in [7, 11) is 0. The summed E-state index contributed by atoms with van der Waals surface area (Å²) in [5.41, 5.74) is 0.521. The summed E-state index contributed by atoms with van der Waals surface area (Å²) >= 11 is 1.48. The molecule has 5 atom stereocenters. The van der Waals surface area contributed by atoms with Gasteiger partial charge in [-0.2, -0.15) is 0 Å². The van der Waals surface area contributed by atoms with Crippen LogP contribution < -0.4 is 0 Å². The SMILES string of the molecule is CC(=O)O[C@H]1[C@@H](OC(C)=O)[C@H](C)O[C@@H](Sc2ccccc2)[C@H]1OCc1ccccc1. The summed E-state index contributed by atoms with van der Waals surface area (Å²) in [5, 5.41) is 0. The van der Waals surface area contributed by atoms with Crippen molar-refractivity contribution in [3.8, 4) is 0 Å². The molecule has 0 radical (unpaired) electrons. The molecule has 0 unspecified atom stereocenters. The van der Waals surface area contributed by atoms with Crippen molar-refractivity contribution in [2.45, 2.75) is 62.1 Å². The number of carbonyl (C=O) groups is 2. The van der Waals surface area contributed by atoms with E-state index in [0.29, 0.717) is 6.61 Å². The molecule has 6 nitrogen and oxygen atoms in total. The number of hydrogen-bond donors (Lipinski definition) is 0. The number of thioether (sulfide) groups is 1. The number of benzene rings is 2. The van der Waals surface area contributed by atoms with Crippen LogP contribution in [0.3, 0.4) is 0 Å². The Morgan fingerprint density at radius 3 is 2.03 bits per heavy atom. The van der Waals surface area contributed by atoms with E-state index in [1.54, 1.807) is 6.92 Å². The number of ether oxygens (including phenoxy) is 4. The number of rotatable bonds is 7. The largest absolute Gasteiger partial charge is 0.456 e. The van der Waals surface area contributed by atoms with Crippen LogP contribution in [-0.2, 0) is 35.1 Å². The van der Waals surface area contributed by atoms with Crippen LogP contribution in [0.2, 0.25) is 0 Å². The summed E-state index contributed by atoms with van der Waals surface area (Å²) in [6, 6.07) is 19.5. The van der Waals surface area contributed by atoms with Gasteiger partial charge in [-0.25, -0.2) is 0 Å². The Labute approximate surface area is 180 Å². The summed E-state index contributed by atoms with van der Waals surface area (Å²) in [6.07, 6.45) is -2.67. The number of hydrogen-bond acceptors (Lipinski definition) is 7. The van der Waals surface area contributed by atoms with Crippen LogP contribution in [0.5, 0.6) is 0 Å². The second-order valence-electron chi connectivity index (χ2n) is 7.05. The molecule has 0 N–H and O–H groups in total. The number of carbonyl (C=O) groups excluding carboxylic acids is 2. The molecule has 1 fully saturated rings. The van der Waals surface area contributed by atoms with Crippen molar-refractivity contribution in [2.75, 3.05) is 0 Å². The second-order valence-corrected chi connectivity index (χ2v) is 8.22. The molecule has 0 saturated carbocycles. The van der Waals surface area contributed by atoms with E-state index in [1.807, 2.05) is 60.7 Å². The smallest absolute Gasteiger partial charge is 0.303 e. The van der Waals surface area contributed by atoms with Crippen molar-refractivity contribution >= 4 is 23.7 Å². The lowest BCUT2D eigenvalue weighted by Gasteiger charge is -2.44. The molecule has 7 heteroatoms. The molecule has 2 aromatic carbocycles. The van der Waals surface area contributed by atoms with Gasteiger partial charge in [-0.15, -0.1) is 0 Å². The van der Waals surface area contributed by atoms with Gasteiger partial charge < -0.3 is 18.9 Å². The van der Waals surface area contributed by atoms with Crippen molar-refractivity contribution in [1.29, 1.82) is 0 Å². The van der Waals surface area contributed by atoms with Gasteiger partial charge in [-0.1, -0.05) is 60.3 Å². The first-order chi connectivity index (χ1) is 14.4.